The molecule has 1 aliphatic carbocycles. The second kappa shape index (κ2) is 13.0. The molecule has 1 amide bonds. The molecule has 0 spiro atoms. The van der Waals surface area contributed by atoms with E-state index in [0.717, 1.165) is 34.7 Å². The number of nitrogens with zero attached hydrogens (tertiary/aromatic N) is 8. The van der Waals surface area contributed by atoms with E-state index < -0.39 is 5.92 Å². The van der Waals surface area contributed by atoms with E-state index in [1.165, 1.54) is 17.0 Å². The largest absolute Gasteiger partial charge is 0.462 e. The summed E-state index contributed by atoms with van der Waals surface area (Å²) in [6.07, 6.45) is 5.96. The zero-order chi connectivity index (χ0) is 34.5. The Bertz CT molecular complexity index is 1810. The molecular weight excluding hydrogens is 647 g/mol. The van der Waals surface area contributed by atoms with Crippen LogP contribution in [0.5, 0.6) is 6.01 Å². The van der Waals surface area contributed by atoms with Crippen molar-refractivity contribution in [2.45, 2.75) is 68.2 Å². The molecular formula is C36H42F2N8O2S. The summed E-state index contributed by atoms with van der Waals surface area (Å²) in [7, 11) is 2.00. The van der Waals surface area contributed by atoms with Crippen molar-refractivity contribution in [2.24, 2.45) is 5.92 Å². The summed E-state index contributed by atoms with van der Waals surface area (Å²) in [6, 6.07) is 8.49. The molecule has 10 nitrogen and oxygen atoms in total. The number of rotatable bonds is 10. The molecule has 49 heavy (non-hydrogen) atoms. The van der Waals surface area contributed by atoms with Crippen molar-refractivity contribution in [2.75, 3.05) is 56.2 Å². The standard InChI is InChI=1S/C36H42F2N8O2S/c1-5-31(47)46-14-13-45(20-26(46)9-11-39)33-27-10-12-44(29-18-40-17-25-8-6-7-23(2)32(25)29)21-28(27)41-34(42-33)48-22-30-35(3,49-30)43(4)19-24-15-36(37,38)16-24/h5-8,17-18,24,26,30H,1,9-10,12-16,19-22H2,2-4H3/t26-,30?,35-/m0/s1. The minimum absolute atomic E-state index is 0.0156. The molecule has 7 rings (SSSR count). The molecule has 3 atom stereocenters. The molecule has 1 saturated carbocycles. The number of alkyl halides is 2. The van der Waals surface area contributed by atoms with Crippen LogP contribution in [0.15, 0.2) is 43.2 Å². The van der Waals surface area contributed by atoms with Gasteiger partial charge in [0.25, 0.3) is 0 Å². The number of thioether (sulfide) groups is 1. The highest BCUT2D eigenvalue weighted by Gasteiger charge is 2.56. The zero-order valence-corrected chi connectivity index (χ0v) is 29.1. The van der Waals surface area contributed by atoms with Crippen LogP contribution in [0.25, 0.3) is 10.8 Å². The lowest BCUT2D eigenvalue weighted by Gasteiger charge is -2.42. The molecule has 2 aromatic heterocycles. The highest BCUT2D eigenvalue weighted by molar-refractivity contribution is 8.08. The van der Waals surface area contributed by atoms with Gasteiger partial charge in [-0.25, -0.2) is 8.78 Å². The van der Waals surface area contributed by atoms with Gasteiger partial charge < -0.3 is 19.4 Å². The van der Waals surface area contributed by atoms with Gasteiger partial charge in [0.05, 0.1) is 52.8 Å². The highest BCUT2D eigenvalue weighted by Crippen LogP contribution is 2.56. The van der Waals surface area contributed by atoms with Gasteiger partial charge in [-0.2, -0.15) is 15.2 Å². The summed E-state index contributed by atoms with van der Waals surface area (Å²) in [5.74, 6) is -1.89. The summed E-state index contributed by atoms with van der Waals surface area (Å²) in [5.41, 5.74) is 4.18. The Hall–Kier alpha value is -4.02. The number of hydrogen-bond donors (Lipinski definition) is 0. The third kappa shape index (κ3) is 6.53. The minimum Gasteiger partial charge on any atom is -0.462 e. The first-order valence-corrected chi connectivity index (χ1v) is 17.8. The Morgan fingerprint density at radius 3 is 2.80 bits per heavy atom. The Balaban J connectivity index is 1.15. The number of halogens is 2. The predicted octanol–water partition coefficient (Wildman–Crippen LogP) is 5.20. The molecule has 0 N–H and O–H groups in total. The average molecular weight is 689 g/mol. The van der Waals surface area contributed by atoms with Gasteiger partial charge >= 0.3 is 6.01 Å². The lowest BCUT2D eigenvalue weighted by Crippen LogP contribution is -2.55. The van der Waals surface area contributed by atoms with Crippen LogP contribution in [0, 0.1) is 24.2 Å². The van der Waals surface area contributed by atoms with E-state index in [-0.39, 0.29) is 47.3 Å². The maximum atomic E-state index is 13.5. The van der Waals surface area contributed by atoms with Crippen LogP contribution in [0.1, 0.15) is 43.0 Å². The van der Waals surface area contributed by atoms with Crippen molar-refractivity contribution in [3.8, 4) is 12.1 Å². The SMILES string of the molecule is C=CC(=O)N1CCN(c2nc(OCC3S[C@]3(C)N(C)CC3CC(F)(F)C3)nc3c2CCN(c2cncc4cccc(C)c24)C3)C[C@@H]1CC#N. The maximum Gasteiger partial charge on any atom is 0.318 e. The van der Waals surface area contributed by atoms with Crippen molar-refractivity contribution in [3.05, 3.63) is 60.1 Å². The van der Waals surface area contributed by atoms with E-state index >= 15 is 0 Å². The van der Waals surface area contributed by atoms with Crippen molar-refractivity contribution < 1.29 is 18.3 Å². The van der Waals surface area contributed by atoms with Crippen LogP contribution < -0.4 is 14.5 Å². The van der Waals surface area contributed by atoms with Gasteiger partial charge in [0.2, 0.25) is 11.8 Å². The van der Waals surface area contributed by atoms with Crippen LogP contribution in [-0.4, -0.2) is 99.1 Å². The summed E-state index contributed by atoms with van der Waals surface area (Å²) in [4.78, 5) is 35.3. The van der Waals surface area contributed by atoms with Gasteiger partial charge in [0, 0.05) is 68.1 Å². The van der Waals surface area contributed by atoms with Gasteiger partial charge in [0.1, 0.15) is 12.4 Å². The fourth-order valence-corrected chi connectivity index (χ4v) is 8.85. The van der Waals surface area contributed by atoms with Crippen LogP contribution in [0.3, 0.4) is 0 Å². The van der Waals surface area contributed by atoms with Crippen LogP contribution in [0.4, 0.5) is 20.3 Å². The lowest BCUT2D eigenvalue weighted by atomic mass is 9.81. The maximum absolute atomic E-state index is 13.5. The second-order valence-electron chi connectivity index (χ2n) is 13.9. The highest BCUT2D eigenvalue weighted by atomic mass is 32.2. The number of benzene rings is 1. The first kappa shape index (κ1) is 33.5. The number of fused-ring (bicyclic) bond motifs is 2. The Morgan fingerprint density at radius 1 is 1.22 bits per heavy atom. The number of ether oxygens (including phenoxy) is 1. The topological polar surface area (TPSA) is 102 Å². The number of aryl methyl sites for hydroxylation is 1. The molecule has 0 radical (unpaired) electrons. The van der Waals surface area contributed by atoms with E-state index in [4.69, 9.17) is 14.7 Å². The quantitative estimate of drug-likeness (QED) is 0.209. The molecule has 1 aromatic carbocycles. The first-order chi connectivity index (χ1) is 23.5. The molecule has 13 heteroatoms. The van der Waals surface area contributed by atoms with Gasteiger partial charge in [-0.15, -0.1) is 11.8 Å². The van der Waals surface area contributed by atoms with Crippen molar-refractivity contribution >= 4 is 39.9 Å². The molecule has 3 aromatic rings. The normalized spacial score (nSPS) is 24.7. The number of aromatic nitrogens is 3. The van der Waals surface area contributed by atoms with Crippen molar-refractivity contribution in [1.82, 2.24) is 24.8 Å². The van der Waals surface area contributed by atoms with E-state index in [1.807, 2.05) is 25.5 Å². The molecule has 3 aliphatic heterocycles. The Kier molecular flexibility index (Phi) is 8.90. The smallest absolute Gasteiger partial charge is 0.318 e. The molecule has 4 aliphatic rings. The molecule has 3 fully saturated rings. The van der Waals surface area contributed by atoms with Crippen LogP contribution in [-0.2, 0) is 17.8 Å². The number of pyridine rings is 1. The third-order valence-corrected chi connectivity index (χ3v) is 12.4. The van der Waals surface area contributed by atoms with E-state index in [9.17, 15) is 18.8 Å². The van der Waals surface area contributed by atoms with Crippen molar-refractivity contribution in [3.63, 3.8) is 0 Å². The average Bonchev–Trinajstić information content (AvgIpc) is 3.76. The third-order valence-electron chi connectivity index (χ3n) is 10.7. The van der Waals surface area contributed by atoms with Gasteiger partial charge in [0.15, 0.2) is 0 Å². The zero-order valence-electron chi connectivity index (χ0n) is 28.2. The number of carbonyl (C=O) groups is 1. The summed E-state index contributed by atoms with van der Waals surface area (Å²) < 4.78 is 33.3. The number of piperazine rings is 1. The van der Waals surface area contributed by atoms with Gasteiger partial charge in [-0.05, 0) is 44.9 Å². The number of carbonyl (C=O) groups excluding carboxylic acids is 1. The van der Waals surface area contributed by atoms with Gasteiger partial charge in [-0.1, -0.05) is 24.8 Å². The number of anilines is 2. The fourth-order valence-electron chi connectivity index (χ4n) is 7.71. The molecule has 2 saturated heterocycles. The first-order valence-electron chi connectivity index (χ1n) is 16.9. The molecule has 258 valence electrons. The minimum atomic E-state index is -2.52. The van der Waals surface area contributed by atoms with E-state index in [2.05, 4.69) is 58.3 Å². The van der Waals surface area contributed by atoms with E-state index in [1.54, 1.807) is 16.7 Å². The number of hydrogen-bond acceptors (Lipinski definition) is 10. The number of nitriles is 1. The monoisotopic (exact) mass is 688 g/mol. The fraction of sp³-hybridized carbons (Fsp3) is 0.528. The second-order valence-corrected chi connectivity index (χ2v) is 15.6. The molecule has 5 heterocycles. The summed E-state index contributed by atoms with van der Waals surface area (Å²) >= 11 is 1.77. The number of amides is 1. The van der Waals surface area contributed by atoms with Crippen LogP contribution >= 0.6 is 11.8 Å². The van der Waals surface area contributed by atoms with E-state index in [0.29, 0.717) is 51.8 Å². The Labute approximate surface area is 290 Å². The van der Waals surface area contributed by atoms with Crippen molar-refractivity contribution in [1.29, 1.82) is 5.26 Å². The molecule has 1 unspecified atom stereocenters. The molecule has 0 bridgehead atoms. The predicted molar refractivity (Wildman–Crippen MR) is 187 cm³/mol. The van der Waals surface area contributed by atoms with Crippen LogP contribution in [0.2, 0.25) is 0 Å². The van der Waals surface area contributed by atoms with Gasteiger partial charge in [-0.3, -0.25) is 14.7 Å². The summed E-state index contributed by atoms with van der Waals surface area (Å²) in [5, 5.41) is 12.0. The Morgan fingerprint density at radius 2 is 2.04 bits per heavy atom. The summed E-state index contributed by atoms with van der Waals surface area (Å²) in [6.45, 7) is 11.7. The lowest BCUT2D eigenvalue weighted by molar-refractivity contribution is -0.128.